The van der Waals surface area contributed by atoms with Gasteiger partial charge in [-0.15, -0.1) is 0 Å². The van der Waals surface area contributed by atoms with Crippen molar-refractivity contribution in [2.45, 2.75) is 6.92 Å². The number of carboxylic acid groups (broad SMARTS) is 11. The lowest BCUT2D eigenvalue weighted by Gasteiger charge is -2.36. The highest BCUT2D eigenvalue weighted by Gasteiger charge is 2.37. The van der Waals surface area contributed by atoms with Gasteiger partial charge in [0.1, 0.15) is 5.78 Å². The standard InChI is InChI=1S/C82H142N24O31/c1-62(107)38-91-6-16-96(47-71(116)117)18-8-92(9-19-97(17-7-91)48-72(118)119)43-67(112)87(2)39-63(108)83-58-82(59-84-64(109)40-88(3)68(113)44-93-10-20-98(49-73(120)121)26-32-104(55-79(132)133)33-27-99(21-11-93)50-74(122)123,60-85-65(110)41-89(4)69(114)45-94-12-22-100(51-75(124)125)28-34-105(56-80(134)135)35-29-101(23-13-94)52-76(126)127)61-86-66(111)42-90(5)70(115)46-95-14-24-102(53-77(128)129)30-36-106(57-81(136)137)37-31-103(25-15-95)54-78(130)131/h6-61H2,1-5H3,(H,83,108)(H,84,109)(H,85,110)(H,86,111)(H,116,117)(H,118,119)(H,120,121)(H,122,123)(H,124,125)(H,126,127)(H,128,129)(H,130,131)(H,132,133)(H,134,135)(H,136,137). The number of nitrogens with zero attached hydrogens (tertiary/aromatic N) is 20. The van der Waals surface area contributed by atoms with Gasteiger partial charge in [-0.3, -0.25) is 174 Å². The summed E-state index contributed by atoms with van der Waals surface area (Å²) in [4.78, 5) is 290. The van der Waals surface area contributed by atoms with Crippen LogP contribution in [0.1, 0.15) is 6.92 Å². The Balaban J connectivity index is 1.82. The summed E-state index contributed by atoms with van der Waals surface area (Å²) < 4.78 is 0. The first-order valence-corrected chi connectivity index (χ1v) is 45.1. The molecule has 4 aliphatic rings. The highest BCUT2D eigenvalue weighted by Crippen LogP contribution is 2.16. The van der Waals surface area contributed by atoms with E-state index in [-0.39, 0.29) is 222 Å². The topological polar surface area (TPSA) is 677 Å². The quantitative estimate of drug-likeness (QED) is 0.0269. The number of carbonyl (C=O) groups is 20. The molecule has 4 aliphatic heterocycles. The van der Waals surface area contributed by atoms with E-state index in [1.54, 1.807) is 49.0 Å². The van der Waals surface area contributed by atoms with Crippen LogP contribution < -0.4 is 21.3 Å². The van der Waals surface area contributed by atoms with Crippen molar-refractivity contribution in [2.24, 2.45) is 5.41 Å². The third-order valence-corrected chi connectivity index (χ3v) is 23.4. The van der Waals surface area contributed by atoms with E-state index >= 15 is 0 Å². The number of Topliss-reactive ketones (excluding diaryl/α,β-unsaturated/α-hetero) is 1. The average Bonchev–Trinajstić information content (AvgIpc) is 0.795. The fourth-order valence-corrected chi connectivity index (χ4v) is 15.5. The van der Waals surface area contributed by atoms with Crippen LogP contribution in [0.5, 0.6) is 0 Å². The van der Waals surface area contributed by atoms with Crippen molar-refractivity contribution in [3.8, 4) is 0 Å². The molecule has 55 nitrogen and oxygen atoms in total. The minimum Gasteiger partial charge on any atom is -0.480 e. The Morgan fingerprint density at radius 2 is 0.292 bits per heavy atom. The van der Waals surface area contributed by atoms with Crippen LogP contribution in [0.15, 0.2) is 0 Å². The molecule has 0 aromatic heterocycles. The summed E-state index contributed by atoms with van der Waals surface area (Å²) in [7, 11) is 5.12. The molecule has 8 amide bonds. The zero-order chi connectivity index (χ0) is 102. The van der Waals surface area contributed by atoms with Gasteiger partial charge in [0, 0.05) is 269 Å². The summed E-state index contributed by atoms with van der Waals surface area (Å²) in [5.41, 5.74) is -1.85. The third-order valence-electron chi connectivity index (χ3n) is 23.4. The molecule has 0 saturated carbocycles. The van der Waals surface area contributed by atoms with Crippen LogP contribution in [0.25, 0.3) is 0 Å². The van der Waals surface area contributed by atoms with E-state index in [0.717, 1.165) is 19.6 Å². The fourth-order valence-electron chi connectivity index (χ4n) is 15.5. The maximum Gasteiger partial charge on any atom is 0.317 e. The Bertz CT molecular complexity index is 3390. The van der Waals surface area contributed by atoms with Crippen molar-refractivity contribution in [3.63, 3.8) is 0 Å². The largest absolute Gasteiger partial charge is 0.480 e. The van der Waals surface area contributed by atoms with Gasteiger partial charge in [-0.2, -0.15) is 0 Å². The minimum atomic E-state index is -1.85. The number of ketones is 1. The molecule has 0 atom stereocenters. The van der Waals surface area contributed by atoms with E-state index in [9.17, 15) is 152 Å². The van der Waals surface area contributed by atoms with Gasteiger partial charge in [-0.25, -0.2) is 0 Å². The maximum atomic E-state index is 14.7. The van der Waals surface area contributed by atoms with Gasteiger partial charge < -0.3 is 97.0 Å². The smallest absolute Gasteiger partial charge is 0.317 e. The van der Waals surface area contributed by atoms with Crippen LogP contribution in [0.4, 0.5) is 0 Å². The van der Waals surface area contributed by atoms with Gasteiger partial charge in [-0.05, 0) is 6.92 Å². The Morgan fingerprint density at radius 3 is 0.394 bits per heavy atom. The first-order valence-electron chi connectivity index (χ1n) is 45.1. The number of likely N-dealkylation sites (N-methyl/N-ethyl adjacent to an activating group) is 4. The molecule has 0 spiro atoms. The number of amides is 8. The lowest BCUT2D eigenvalue weighted by molar-refractivity contribution is -0.141. The minimum absolute atomic E-state index is 0.0126. The van der Waals surface area contributed by atoms with Crippen LogP contribution in [-0.2, 0) is 95.9 Å². The molecule has 0 aromatic rings. The summed E-state index contributed by atoms with van der Waals surface area (Å²) >= 11 is 0. The number of hydrogen-bond donors (Lipinski definition) is 15. The molecule has 4 saturated heterocycles. The molecule has 4 heterocycles. The van der Waals surface area contributed by atoms with Gasteiger partial charge in [0.05, 0.1) is 131 Å². The van der Waals surface area contributed by atoms with Crippen LogP contribution in [0.2, 0.25) is 0 Å². The number of aliphatic carboxylic acids is 11. The molecule has 0 radical (unpaired) electrons. The molecule has 4 fully saturated rings. The van der Waals surface area contributed by atoms with Crippen LogP contribution in [0, 0.1) is 5.41 Å². The van der Waals surface area contributed by atoms with Gasteiger partial charge >= 0.3 is 65.7 Å². The van der Waals surface area contributed by atoms with Crippen molar-refractivity contribution in [1.82, 2.24) is 119 Å². The first kappa shape index (κ1) is 118. The zero-order valence-corrected chi connectivity index (χ0v) is 79.1. The average molecular weight is 1960 g/mol. The van der Waals surface area contributed by atoms with Crippen molar-refractivity contribution >= 4 is 119 Å². The molecule has 4 rings (SSSR count). The van der Waals surface area contributed by atoms with Gasteiger partial charge in [0.2, 0.25) is 47.3 Å². The molecular weight excluding hydrogens is 1820 g/mol. The summed E-state index contributed by atoms with van der Waals surface area (Å²) in [5.74, 6) is -19.5. The zero-order valence-electron chi connectivity index (χ0n) is 79.1. The van der Waals surface area contributed by atoms with Gasteiger partial charge in [0.15, 0.2) is 0 Å². The normalized spacial score (nSPS) is 18.3. The lowest BCUT2D eigenvalue weighted by atomic mass is 9.86. The molecule has 55 heteroatoms. The highest BCUT2D eigenvalue weighted by molar-refractivity contribution is 5.89. The summed E-state index contributed by atoms with van der Waals surface area (Å²) in [5, 5.41) is 119. The molecule has 0 unspecified atom stereocenters. The number of hydrogen-bond acceptors (Lipinski definition) is 36. The predicted octanol–water partition coefficient (Wildman–Crippen LogP) is -13.3. The maximum absolute atomic E-state index is 14.7. The Labute approximate surface area is 794 Å². The second kappa shape index (κ2) is 62.7. The summed E-state index contributed by atoms with van der Waals surface area (Å²) in [6.07, 6.45) is 0. The SMILES string of the molecule is CC(=O)CN1CCN(CC(=O)O)CCN(CC(=O)N(C)CC(=O)NCC(CNC(=O)CN(C)C(=O)CN2CCN(CC(=O)O)CCN(CC(=O)O)CCN(CC(=O)O)CC2)(CNC(=O)CN(C)C(=O)CN2CCN(CC(=O)O)CCN(CC(=O)O)CCN(CC(=O)O)CC2)CNC(=O)CN(C)C(=O)CN2CCN(CC(=O)O)CCN(CC(=O)O)CCN(CC(=O)O)CC2)CCN(CC(=O)O)CC1. The Hall–Kier alpha value is -11.0. The molecule has 776 valence electrons. The van der Waals surface area contributed by atoms with E-state index in [4.69, 9.17) is 0 Å². The van der Waals surface area contributed by atoms with E-state index < -0.39 is 269 Å². The van der Waals surface area contributed by atoms with Crippen LogP contribution in [-0.4, -0.2) is 668 Å². The van der Waals surface area contributed by atoms with Crippen molar-refractivity contribution in [3.05, 3.63) is 0 Å². The molecule has 0 aliphatic carbocycles. The van der Waals surface area contributed by atoms with E-state index in [2.05, 4.69) is 21.3 Å². The summed E-state index contributed by atoms with van der Waals surface area (Å²) in [6, 6.07) is 0. The monoisotopic (exact) mass is 1960 g/mol. The molecule has 0 aromatic carbocycles. The third kappa shape index (κ3) is 52.9. The van der Waals surface area contributed by atoms with Crippen molar-refractivity contribution in [2.75, 3.05) is 395 Å². The molecule has 0 bridgehead atoms. The second-order valence-electron chi connectivity index (χ2n) is 35.1. The van der Waals surface area contributed by atoms with Gasteiger partial charge in [-0.1, -0.05) is 0 Å². The van der Waals surface area contributed by atoms with E-state index in [0.29, 0.717) is 0 Å². The summed E-state index contributed by atoms with van der Waals surface area (Å²) in [6.45, 7) is -8.56. The van der Waals surface area contributed by atoms with Crippen LogP contribution in [0.3, 0.4) is 0 Å². The van der Waals surface area contributed by atoms with Crippen molar-refractivity contribution in [1.29, 1.82) is 0 Å². The van der Waals surface area contributed by atoms with Crippen LogP contribution >= 0.6 is 0 Å². The molecule has 137 heavy (non-hydrogen) atoms. The molecule has 15 N–H and O–H groups in total. The fraction of sp³-hybridized carbons (Fsp3) is 0.756. The Morgan fingerprint density at radius 1 is 0.190 bits per heavy atom. The number of nitrogens with one attached hydrogen (secondary N) is 4. The first-order chi connectivity index (χ1) is 64.6. The molecular formula is C82H142N24O31. The Kier molecular flexibility index (Phi) is 54.2. The second-order valence-corrected chi connectivity index (χ2v) is 35.1. The van der Waals surface area contributed by atoms with Crippen molar-refractivity contribution < 1.29 is 152 Å². The number of carboxylic acids is 11. The number of carbonyl (C=O) groups excluding carboxylic acids is 9. The lowest BCUT2D eigenvalue weighted by Crippen LogP contribution is -2.59. The number of rotatable bonds is 48. The van der Waals surface area contributed by atoms with E-state index in [1.807, 2.05) is 0 Å². The predicted molar refractivity (Wildman–Crippen MR) is 483 cm³/mol. The van der Waals surface area contributed by atoms with E-state index in [1.165, 1.54) is 64.5 Å². The van der Waals surface area contributed by atoms with Gasteiger partial charge in [0.25, 0.3) is 0 Å². The highest BCUT2D eigenvalue weighted by atomic mass is 16.4.